The molecule has 132 valence electrons. The Hall–Kier alpha value is -2.58. The zero-order chi connectivity index (χ0) is 18.0. The Kier molecular flexibility index (Phi) is 4.65. The highest BCUT2D eigenvalue weighted by atomic mass is 32.2. The molecule has 0 saturated carbocycles. The first kappa shape index (κ1) is 17.2. The summed E-state index contributed by atoms with van der Waals surface area (Å²) in [6, 6.07) is 13.1. The van der Waals surface area contributed by atoms with Crippen LogP contribution in [0.5, 0.6) is 11.5 Å². The van der Waals surface area contributed by atoms with Crippen LogP contribution >= 0.6 is 0 Å². The Balaban J connectivity index is 1.73. The predicted octanol–water partition coefficient (Wildman–Crippen LogP) is 1.40. The number of amides is 1. The lowest BCUT2D eigenvalue weighted by atomic mass is 10.2. The first-order valence-electron chi connectivity index (χ1n) is 7.59. The topological polar surface area (TPSA) is 84.9 Å². The number of anilines is 1. The first-order valence-corrected chi connectivity index (χ1v) is 9.07. The van der Waals surface area contributed by atoms with Gasteiger partial charge in [-0.3, -0.25) is 4.79 Å². The average molecular weight is 362 g/mol. The van der Waals surface area contributed by atoms with E-state index in [9.17, 15) is 13.2 Å². The molecular formula is C17H18N2O5S. The molecule has 1 unspecified atom stereocenters. The minimum Gasteiger partial charge on any atom is -0.497 e. The number of hydrogen-bond acceptors (Lipinski definition) is 5. The van der Waals surface area contributed by atoms with Crippen LogP contribution in [0.2, 0.25) is 0 Å². The minimum atomic E-state index is -3.76. The number of fused-ring (bicyclic) bond motifs is 1. The van der Waals surface area contributed by atoms with Gasteiger partial charge in [-0.05, 0) is 36.4 Å². The van der Waals surface area contributed by atoms with Gasteiger partial charge in [0.25, 0.3) is 5.91 Å². The number of carbonyl (C=O) groups is 1. The second kappa shape index (κ2) is 6.73. The van der Waals surface area contributed by atoms with Crippen LogP contribution in [0, 0.1) is 0 Å². The SMILES string of the molecule is COc1ccc(S(=O)(=O)NCC2Oc3ccccc3N(C)C2=O)cc1. The van der Waals surface area contributed by atoms with Crippen molar-refractivity contribution in [2.45, 2.75) is 11.0 Å². The van der Waals surface area contributed by atoms with E-state index in [2.05, 4.69) is 4.72 Å². The number of nitrogens with zero attached hydrogens (tertiary/aromatic N) is 1. The first-order chi connectivity index (χ1) is 11.9. The second-order valence-electron chi connectivity index (χ2n) is 5.50. The number of benzene rings is 2. The van der Waals surface area contributed by atoms with Gasteiger partial charge in [-0.25, -0.2) is 13.1 Å². The lowest BCUT2D eigenvalue weighted by molar-refractivity contribution is -0.125. The molecule has 0 radical (unpaired) electrons. The monoisotopic (exact) mass is 362 g/mol. The van der Waals surface area contributed by atoms with E-state index in [1.54, 1.807) is 43.4 Å². The fourth-order valence-corrected chi connectivity index (χ4v) is 3.56. The molecule has 1 atom stereocenters. The van der Waals surface area contributed by atoms with Crippen LogP contribution in [0.25, 0.3) is 0 Å². The lowest BCUT2D eigenvalue weighted by Crippen LogP contribution is -2.49. The van der Waals surface area contributed by atoms with E-state index in [-0.39, 0.29) is 17.3 Å². The zero-order valence-corrected chi connectivity index (χ0v) is 14.6. The van der Waals surface area contributed by atoms with E-state index in [1.807, 2.05) is 0 Å². The molecule has 25 heavy (non-hydrogen) atoms. The molecule has 8 heteroatoms. The fourth-order valence-electron chi connectivity index (χ4n) is 2.52. The van der Waals surface area contributed by atoms with E-state index in [4.69, 9.17) is 9.47 Å². The van der Waals surface area contributed by atoms with E-state index < -0.39 is 16.1 Å². The maximum Gasteiger partial charge on any atom is 0.269 e. The van der Waals surface area contributed by atoms with Gasteiger partial charge in [0.2, 0.25) is 10.0 Å². The number of methoxy groups -OCH3 is 1. The third-order valence-corrected chi connectivity index (χ3v) is 5.37. The third-order valence-electron chi connectivity index (χ3n) is 3.93. The van der Waals surface area contributed by atoms with Gasteiger partial charge in [-0.1, -0.05) is 12.1 Å². The van der Waals surface area contributed by atoms with Crippen molar-refractivity contribution < 1.29 is 22.7 Å². The van der Waals surface area contributed by atoms with Crippen molar-refractivity contribution >= 4 is 21.6 Å². The number of hydrogen-bond donors (Lipinski definition) is 1. The van der Waals surface area contributed by atoms with Gasteiger partial charge >= 0.3 is 0 Å². The minimum absolute atomic E-state index is 0.0883. The van der Waals surface area contributed by atoms with Crippen molar-refractivity contribution in [3.63, 3.8) is 0 Å². The Labute approximate surface area is 146 Å². The van der Waals surface area contributed by atoms with Gasteiger partial charge in [0.05, 0.1) is 24.2 Å². The van der Waals surface area contributed by atoms with Gasteiger partial charge in [-0.15, -0.1) is 0 Å². The Morgan fingerprint density at radius 3 is 2.52 bits per heavy atom. The molecule has 3 rings (SSSR count). The molecule has 0 aliphatic carbocycles. The number of nitrogens with one attached hydrogen (secondary N) is 1. The van der Waals surface area contributed by atoms with Gasteiger partial charge in [0.1, 0.15) is 11.5 Å². The normalized spacial score (nSPS) is 17.0. The molecule has 0 spiro atoms. The van der Waals surface area contributed by atoms with Crippen LogP contribution in [-0.4, -0.2) is 41.1 Å². The largest absolute Gasteiger partial charge is 0.497 e. The van der Waals surface area contributed by atoms with E-state index in [0.717, 1.165) is 0 Å². The second-order valence-corrected chi connectivity index (χ2v) is 7.27. The number of para-hydroxylation sites is 2. The van der Waals surface area contributed by atoms with Crippen molar-refractivity contribution in [3.05, 3.63) is 48.5 Å². The van der Waals surface area contributed by atoms with E-state index >= 15 is 0 Å². The summed E-state index contributed by atoms with van der Waals surface area (Å²) in [5.74, 6) is 0.789. The fraction of sp³-hybridized carbons (Fsp3) is 0.235. The van der Waals surface area contributed by atoms with Gasteiger partial charge in [-0.2, -0.15) is 0 Å². The van der Waals surface area contributed by atoms with Crippen LogP contribution in [-0.2, 0) is 14.8 Å². The summed E-state index contributed by atoms with van der Waals surface area (Å²) in [7, 11) is -0.624. The summed E-state index contributed by atoms with van der Waals surface area (Å²) >= 11 is 0. The van der Waals surface area contributed by atoms with Crippen LogP contribution in [0.1, 0.15) is 0 Å². The zero-order valence-electron chi connectivity index (χ0n) is 13.8. The van der Waals surface area contributed by atoms with Gasteiger partial charge in [0.15, 0.2) is 6.10 Å². The van der Waals surface area contributed by atoms with Crippen molar-refractivity contribution in [1.29, 1.82) is 0 Å². The maximum absolute atomic E-state index is 12.4. The van der Waals surface area contributed by atoms with E-state index in [0.29, 0.717) is 17.2 Å². The van der Waals surface area contributed by atoms with E-state index in [1.165, 1.54) is 24.1 Å². The molecule has 0 saturated heterocycles. The summed E-state index contributed by atoms with van der Waals surface area (Å²) in [5, 5.41) is 0. The summed E-state index contributed by atoms with van der Waals surface area (Å²) < 4.78 is 37.8. The average Bonchev–Trinajstić information content (AvgIpc) is 2.63. The smallest absolute Gasteiger partial charge is 0.269 e. The molecule has 0 fully saturated rings. The molecule has 1 aliphatic rings. The summed E-state index contributed by atoms with van der Waals surface area (Å²) in [6.45, 7) is -0.161. The van der Waals surface area contributed by atoms with Crippen molar-refractivity contribution in [2.75, 3.05) is 25.6 Å². The molecule has 0 aromatic heterocycles. The Bertz CT molecular complexity index is 880. The summed E-state index contributed by atoms with van der Waals surface area (Å²) in [4.78, 5) is 13.9. The standard InChI is InChI=1S/C17H18N2O5S/c1-19-14-5-3-4-6-15(14)24-16(17(19)20)11-18-25(21,22)13-9-7-12(23-2)8-10-13/h3-10,16,18H,11H2,1-2H3. The van der Waals surface area contributed by atoms with Gasteiger partial charge < -0.3 is 14.4 Å². The molecule has 1 heterocycles. The number of carbonyl (C=O) groups excluding carboxylic acids is 1. The number of ether oxygens (including phenoxy) is 2. The predicted molar refractivity (Wildman–Crippen MR) is 92.5 cm³/mol. The highest BCUT2D eigenvalue weighted by molar-refractivity contribution is 7.89. The van der Waals surface area contributed by atoms with Crippen LogP contribution in [0.15, 0.2) is 53.4 Å². The molecule has 1 amide bonds. The highest BCUT2D eigenvalue weighted by Crippen LogP contribution is 2.32. The van der Waals surface area contributed by atoms with Crippen LogP contribution in [0.4, 0.5) is 5.69 Å². The lowest BCUT2D eigenvalue weighted by Gasteiger charge is -2.31. The highest BCUT2D eigenvalue weighted by Gasteiger charge is 2.33. The Morgan fingerprint density at radius 1 is 1.16 bits per heavy atom. The van der Waals surface area contributed by atoms with Crippen molar-refractivity contribution in [2.24, 2.45) is 0 Å². The summed E-state index contributed by atoms with van der Waals surface area (Å²) in [6.07, 6.45) is -0.923. The van der Waals surface area contributed by atoms with Crippen molar-refractivity contribution in [1.82, 2.24) is 4.72 Å². The quantitative estimate of drug-likeness (QED) is 0.869. The van der Waals surface area contributed by atoms with Crippen LogP contribution < -0.4 is 19.1 Å². The number of likely N-dealkylation sites (N-methyl/N-ethyl adjacent to an activating group) is 1. The maximum atomic E-state index is 12.4. The molecule has 0 bridgehead atoms. The molecule has 1 N–H and O–H groups in total. The molecule has 1 aliphatic heterocycles. The number of rotatable bonds is 5. The van der Waals surface area contributed by atoms with Gasteiger partial charge in [0, 0.05) is 7.05 Å². The molecule has 7 nitrogen and oxygen atoms in total. The summed E-state index contributed by atoms with van der Waals surface area (Å²) in [5.41, 5.74) is 0.654. The molecule has 2 aromatic carbocycles. The Morgan fingerprint density at radius 2 is 1.84 bits per heavy atom. The van der Waals surface area contributed by atoms with Crippen LogP contribution in [0.3, 0.4) is 0 Å². The van der Waals surface area contributed by atoms with Crippen molar-refractivity contribution in [3.8, 4) is 11.5 Å². The number of sulfonamides is 1. The molecule has 2 aromatic rings. The molecular weight excluding hydrogens is 344 g/mol. The third kappa shape index (κ3) is 3.45.